The molecule has 0 heterocycles. The number of hydrogen-bond donors (Lipinski definition) is 6. The number of aliphatic hydroxyl groups is 2. The molecule has 7 heteroatoms. The first-order valence-electron chi connectivity index (χ1n) is 11.0. The van der Waals surface area contributed by atoms with Crippen molar-refractivity contribution in [1.29, 1.82) is 0 Å². The molecule has 33 heavy (non-hydrogen) atoms. The summed E-state index contributed by atoms with van der Waals surface area (Å²) in [5, 5.41) is 38.4. The van der Waals surface area contributed by atoms with Gasteiger partial charge in [0.1, 0.15) is 5.75 Å². The van der Waals surface area contributed by atoms with E-state index in [1.807, 2.05) is 61.5 Å². The Bertz CT molecular complexity index is 1040. The molecule has 0 aliphatic rings. The van der Waals surface area contributed by atoms with Crippen molar-refractivity contribution in [3.63, 3.8) is 0 Å². The number of anilines is 1. The molecule has 0 aliphatic carbocycles. The molecule has 0 bridgehead atoms. The van der Waals surface area contributed by atoms with E-state index in [0.29, 0.717) is 36.3 Å². The van der Waals surface area contributed by atoms with Crippen LogP contribution in [-0.4, -0.2) is 33.9 Å². The monoisotopic (exact) mass is 449 g/mol. The van der Waals surface area contributed by atoms with Crippen LogP contribution >= 0.6 is 0 Å². The summed E-state index contributed by atoms with van der Waals surface area (Å²) in [4.78, 5) is 12.2. The average Bonchev–Trinajstić information content (AvgIpc) is 2.82. The second kappa shape index (κ2) is 12.0. The van der Waals surface area contributed by atoms with Crippen LogP contribution in [0.5, 0.6) is 5.75 Å². The molecule has 0 fully saturated rings. The van der Waals surface area contributed by atoms with Crippen LogP contribution in [0.2, 0.25) is 0 Å². The van der Waals surface area contributed by atoms with Crippen LogP contribution in [0.1, 0.15) is 35.3 Å². The van der Waals surface area contributed by atoms with Gasteiger partial charge >= 0.3 is 6.03 Å². The standard InChI is InChI=1S/C26H31N3O4/c1-18(27-16-25(32)21-10-11-24(31)22(14-21)17-30)12-20-8-5-9-23(13-20)29-26(33)28-15-19-6-3-2-4-7-19/h2-11,13-14,18,25,27,30-32H,12,15-17H2,1H3,(H2,28,29,33). The Balaban J connectivity index is 1.47. The first kappa shape index (κ1) is 24.3. The number of carbonyl (C=O) groups is 1. The van der Waals surface area contributed by atoms with Gasteiger partial charge in [-0.1, -0.05) is 48.5 Å². The van der Waals surface area contributed by atoms with Crippen molar-refractivity contribution in [1.82, 2.24) is 10.6 Å². The lowest BCUT2D eigenvalue weighted by Crippen LogP contribution is -2.32. The largest absolute Gasteiger partial charge is 0.508 e. The minimum absolute atomic E-state index is 0.0111. The molecule has 0 radical (unpaired) electrons. The van der Waals surface area contributed by atoms with Gasteiger partial charge in [0.25, 0.3) is 0 Å². The minimum Gasteiger partial charge on any atom is -0.508 e. The Hall–Kier alpha value is -3.39. The second-order valence-corrected chi connectivity index (χ2v) is 8.07. The van der Waals surface area contributed by atoms with Crippen LogP contribution in [0.3, 0.4) is 0 Å². The Morgan fingerprint density at radius 3 is 2.48 bits per heavy atom. The van der Waals surface area contributed by atoms with E-state index >= 15 is 0 Å². The van der Waals surface area contributed by atoms with Crippen LogP contribution in [0.25, 0.3) is 0 Å². The molecule has 174 valence electrons. The summed E-state index contributed by atoms with van der Waals surface area (Å²) in [7, 11) is 0. The zero-order valence-electron chi connectivity index (χ0n) is 18.7. The summed E-state index contributed by atoms with van der Waals surface area (Å²) in [6.07, 6.45) is -0.0506. The molecule has 3 rings (SSSR count). The molecule has 0 saturated carbocycles. The highest BCUT2D eigenvalue weighted by Gasteiger charge is 2.12. The molecule has 0 aliphatic heterocycles. The fourth-order valence-corrected chi connectivity index (χ4v) is 3.53. The predicted octanol–water partition coefficient (Wildman–Crippen LogP) is 3.46. The van der Waals surface area contributed by atoms with E-state index in [1.54, 1.807) is 12.1 Å². The number of phenols is 1. The second-order valence-electron chi connectivity index (χ2n) is 8.07. The number of urea groups is 1. The molecule has 6 N–H and O–H groups in total. The fourth-order valence-electron chi connectivity index (χ4n) is 3.53. The molecular weight excluding hydrogens is 418 g/mol. The first-order chi connectivity index (χ1) is 15.9. The van der Waals surface area contributed by atoms with Gasteiger partial charge in [0.2, 0.25) is 0 Å². The molecule has 2 unspecified atom stereocenters. The maximum Gasteiger partial charge on any atom is 0.319 e. The third-order valence-electron chi connectivity index (χ3n) is 5.34. The van der Waals surface area contributed by atoms with Gasteiger partial charge in [-0.2, -0.15) is 0 Å². The lowest BCUT2D eigenvalue weighted by atomic mass is 10.0. The molecule has 0 saturated heterocycles. The number of carbonyl (C=O) groups excluding carboxylic acids is 1. The van der Waals surface area contributed by atoms with Gasteiger partial charge in [-0.05, 0) is 54.3 Å². The third kappa shape index (κ3) is 7.61. The highest BCUT2D eigenvalue weighted by molar-refractivity contribution is 5.89. The minimum atomic E-state index is -0.764. The van der Waals surface area contributed by atoms with Crippen molar-refractivity contribution >= 4 is 11.7 Å². The van der Waals surface area contributed by atoms with Crippen LogP contribution < -0.4 is 16.0 Å². The Morgan fingerprint density at radius 2 is 1.73 bits per heavy atom. The number of amides is 2. The molecule has 7 nitrogen and oxygen atoms in total. The van der Waals surface area contributed by atoms with Crippen LogP contribution in [0.4, 0.5) is 10.5 Å². The number of nitrogens with one attached hydrogen (secondary N) is 3. The van der Waals surface area contributed by atoms with Gasteiger partial charge < -0.3 is 31.3 Å². The van der Waals surface area contributed by atoms with E-state index in [0.717, 1.165) is 11.1 Å². The van der Waals surface area contributed by atoms with Gasteiger partial charge in [0.05, 0.1) is 12.7 Å². The summed E-state index contributed by atoms with van der Waals surface area (Å²) in [5.74, 6) is 0.0111. The van der Waals surface area contributed by atoms with Crippen LogP contribution in [0.15, 0.2) is 72.8 Å². The van der Waals surface area contributed by atoms with E-state index in [9.17, 15) is 20.1 Å². The van der Waals surface area contributed by atoms with Crippen molar-refractivity contribution < 1.29 is 20.1 Å². The fraction of sp³-hybridized carbons (Fsp3) is 0.269. The molecule has 0 aromatic heterocycles. The zero-order valence-corrected chi connectivity index (χ0v) is 18.7. The molecule has 3 aromatic rings. The molecule has 3 aromatic carbocycles. The normalized spacial score (nSPS) is 12.7. The van der Waals surface area contributed by atoms with E-state index in [2.05, 4.69) is 16.0 Å². The lowest BCUT2D eigenvalue weighted by molar-refractivity contribution is 0.170. The van der Waals surface area contributed by atoms with Gasteiger partial charge in [0.15, 0.2) is 0 Å². The Kier molecular flexibility index (Phi) is 8.83. The third-order valence-corrected chi connectivity index (χ3v) is 5.34. The van der Waals surface area contributed by atoms with Gasteiger partial charge in [-0.25, -0.2) is 4.79 Å². The van der Waals surface area contributed by atoms with E-state index < -0.39 is 6.10 Å². The van der Waals surface area contributed by atoms with E-state index in [1.165, 1.54) is 6.07 Å². The van der Waals surface area contributed by atoms with Gasteiger partial charge in [0, 0.05) is 30.4 Å². The van der Waals surface area contributed by atoms with Crippen LogP contribution in [0, 0.1) is 0 Å². The average molecular weight is 450 g/mol. The van der Waals surface area contributed by atoms with E-state index in [-0.39, 0.29) is 24.4 Å². The quantitative estimate of drug-likeness (QED) is 0.284. The first-order valence-corrected chi connectivity index (χ1v) is 11.0. The number of aliphatic hydroxyl groups excluding tert-OH is 2. The maximum atomic E-state index is 12.2. The van der Waals surface area contributed by atoms with Gasteiger partial charge in [-0.3, -0.25) is 0 Å². The molecular formula is C26H31N3O4. The highest BCUT2D eigenvalue weighted by atomic mass is 16.3. The Labute approximate surface area is 194 Å². The zero-order chi connectivity index (χ0) is 23.6. The van der Waals surface area contributed by atoms with Crippen molar-refractivity contribution in [2.45, 2.75) is 38.6 Å². The molecule has 2 atom stereocenters. The van der Waals surface area contributed by atoms with Crippen LogP contribution in [-0.2, 0) is 19.6 Å². The number of benzene rings is 3. The smallest absolute Gasteiger partial charge is 0.319 e. The van der Waals surface area contributed by atoms with Crippen molar-refractivity contribution in [2.24, 2.45) is 0 Å². The highest BCUT2D eigenvalue weighted by Crippen LogP contribution is 2.22. The molecule has 2 amide bonds. The SMILES string of the molecule is CC(Cc1cccc(NC(=O)NCc2ccccc2)c1)NCC(O)c1ccc(O)c(CO)c1. The summed E-state index contributed by atoms with van der Waals surface area (Å²) in [6, 6.07) is 21.9. The summed E-state index contributed by atoms with van der Waals surface area (Å²) in [5.41, 5.74) is 3.81. The summed E-state index contributed by atoms with van der Waals surface area (Å²) in [6.45, 7) is 2.52. The topological polar surface area (TPSA) is 114 Å². The number of rotatable bonds is 10. The summed E-state index contributed by atoms with van der Waals surface area (Å²) < 4.78 is 0. The Morgan fingerprint density at radius 1 is 0.970 bits per heavy atom. The number of aromatic hydroxyl groups is 1. The maximum absolute atomic E-state index is 12.2. The molecule has 0 spiro atoms. The van der Waals surface area contributed by atoms with E-state index in [4.69, 9.17) is 0 Å². The lowest BCUT2D eigenvalue weighted by Gasteiger charge is -2.18. The number of hydrogen-bond acceptors (Lipinski definition) is 5. The van der Waals surface area contributed by atoms with Crippen molar-refractivity contribution in [3.8, 4) is 5.75 Å². The summed E-state index contributed by atoms with van der Waals surface area (Å²) >= 11 is 0. The van der Waals surface area contributed by atoms with Gasteiger partial charge in [-0.15, -0.1) is 0 Å². The predicted molar refractivity (Wildman–Crippen MR) is 129 cm³/mol. The van der Waals surface area contributed by atoms with Crippen molar-refractivity contribution in [2.75, 3.05) is 11.9 Å². The van der Waals surface area contributed by atoms with Crippen molar-refractivity contribution in [3.05, 3.63) is 95.1 Å².